The Morgan fingerprint density at radius 3 is 1.45 bits per heavy atom. The fourth-order valence-electron chi connectivity index (χ4n) is 8.88. The Morgan fingerprint density at radius 1 is 0.586 bits per heavy atom. The van der Waals surface area contributed by atoms with Crippen molar-refractivity contribution in [3.8, 4) is 11.1 Å². The molecule has 4 aliphatic rings. The molecule has 2 amide bonds. The van der Waals surface area contributed by atoms with E-state index in [0.29, 0.717) is 16.6 Å². The molecule has 8 rings (SSSR count). The standard InChI is InChI=1S/C23H24FNO2.C17H20BrNO2.C6H6BFO2/c1-14-6-11-18(16-7-9-17(24)10-8-16)15(2)19(14)20-21(26)23(25-22(20)27)12-4-3-5-13-23;1-10-6-7-12(18)11(2)13(10)14-15(20)17(19-16(14)21)8-4-3-5-9-17;8-6-3-1-5(2-4-6)7(9)10/h6-11,26H,3-5,12-13H2,1-2H3,(H,25,27);6-7,20H,3-5,8-9H2,1-2H3,(H,19,21);1-4,9-10H. The number of carbonyl (C=O) groups is 2. The zero-order chi connectivity index (χ0) is 41.9. The number of carbonyl (C=O) groups excluding carboxylic acids is 2. The van der Waals surface area contributed by atoms with Crippen molar-refractivity contribution < 1.29 is 38.6 Å². The van der Waals surface area contributed by atoms with Gasteiger partial charge in [0.25, 0.3) is 11.8 Å². The van der Waals surface area contributed by atoms with Crippen LogP contribution in [0.5, 0.6) is 0 Å². The van der Waals surface area contributed by atoms with Gasteiger partial charge in [0.05, 0.1) is 22.2 Å². The highest BCUT2D eigenvalue weighted by atomic mass is 79.9. The van der Waals surface area contributed by atoms with Crippen LogP contribution in [0.1, 0.15) is 97.6 Å². The third-order valence-corrected chi connectivity index (χ3v) is 12.9. The number of amides is 2. The molecule has 2 saturated carbocycles. The third-order valence-electron chi connectivity index (χ3n) is 12.1. The molecular formula is C46H50BBrF2N2O6. The lowest BCUT2D eigenvalue weighted by atomic mass is 9.80. The number of aliphatic hydroxyl groups is 2. The highest BCUT2D eigenvalue weighted by molar-refractivity contribution is 9.10. The van der Waals surface area contributed by atoms with Gasteiger partial charge in [-0.2, -0.15) is 0 Å². The van der Waals surface area contributed by atoms with E-state index in [9.17, 15) is 28.6 Å². The molecule has 2 heterocycles. The van der Waals surface area contributed by atoms with E-state index < -0.39 is 18.2 Å². The van der Waals surface area contributed by atoms with Gasteiger partial charge in [0.15, 0.2) is 0 Å². The quantitative estimate of drug-likeness (QED) is 0.114. The van der Waals surface area contributed by atoms with E-state index in [-0.39, 0.29) is 35.0 Å². The highest BCUT2D eigenvalue weighted by Crippen LogP contribution is 2.45. The average Bonchev–Trinajstić information content (AvgIpc) is 3.57. The summed E-state index contributed by atoms with van der Waals surface area (Å²) in [6, 6.07) is 19.2. The van der Waals surface area contributed by atoms with Crippen LogP contribution >= 0.6 is 15.9 Å². The molecular weight excluding hydrogens is 805 g/mol. The van der Waals surface area contributed by atoms with Gasteiger partial charge in [0.1, 0.15) is 23.2 Å². The third kappa shape index (κ3) is 8.51. The van der Waals surface area contributed by atoms with E-state index in [1.807, 2.05) is 52.0 Å². The molecule has 0 saturated heterocycles. The maximum atomic E-state index is 13.3. The van der Waals surface area contributed by atoms with E-state index in [0.717, 1.165) is 107 Å². The molecule has 2 fully saturated rings. The molecule has 12 heteroatoms. The molecule has 0 unspecified atom stereocenters. The Hall–Kier alpha value is -4.78. The summed E-state index contributed by atoms with van der Waals surface area (Å²) in [6.45, 7) is 7.87. The van der Waals surface area contributed by atoms with Crippen molar-refractivity contribution in [1.29, 1.82) is 0 Å². The minimum absolute atomic E-state index is 0.140. The summed E-state index contributed by atoms with van der Waals surface area (Å²) in [6.07, 6.45) is 9.65. The van der Waals surface area contributed by atoms with Crippen molar-refractivity contribution in [3.63, 3.8) is 0 Å². The number of nitrogens with one attached hydrogen (secondary N) is 2. The SMILES string of the molecule is Cc1ccc(-c2ccc(F)cc2)c(C)c1C1=C(O)C2(CCCCC2)NC1=O.Cc1ccc(Br)c(C)c1C1=C(O)C2(CCCCC2)NC1=O.OB(O)c1ccc(F)cc1. The number of rotatable bonds is 4. The predicted octanol–water partition coefficient (Wildman–Crippen LogP) is 8.88. The molecule has 4 aromatic rings. The summed E-state index contributed by atoms with van der Waals surface area (Å²) in [5, 5.41) is 45.1. The van der Waals surface area contributed by atoms with Gasteiger partial charge in [-0.25, -0.2) is 8.78 Å². The zero-order valence-corrected chi connectivity index (χ0v) is 34.9. The lowest BCUT2D eigenvalue weighted by Crippen LogP contribution is -2.46. The second kappa shape index (κ2) is 17.6. The van der Waals surface area contributed by atoms with Gasteiger partial charge < -0.3 is 30.9 Å². The summed E-state index contributed by atoms with van der Waals surface area (Å²) >= 11 is 3.52. The first kappa shape index (κ1) is 42.8. The lowest BCUT2D eigenvalue weighted by molar-refractivity contribution is -0.117. The molecule has 6 N–H and O–H groups in total. The van der Waals surface area contributed by atoms with Crippen LogP contribution in [0, 0.1) is 39.3 Å². The van der Waals surface area contributed by atoms with Gasteiger partial charge in [0, 0.05) is 4.47 Å². The number of benzene rings is 4. The van der Waals surface area contributed by atoms with Crippen LogP contribution in [0.15, 0.2) is 88.8 Å². The predicted molar refractivity (Wildman–Crippen MR) is 228 cm³/mol. The minimum Gasteiger partial charge on any atom is -0.509 e. The van der Waals surface area contributed by atoms with Crippen molar-refractivity contribution >= 4 is 51.5 Å². The Bertz CT molecular complexity index is 2260. The topological polar surface area (TPSA) is 139 Å². The number of halogens is 3. The van der Waals surface area contributed by atoms with Crippen LogP contribution in [0.4, 0.5) is 8.78 Å². The average molecular weight is 856 g/mol. The van der Waals surface area contributed by atoms with E-state index in [1.54, 1.807) is 12.1 Å². The van der Waals surface area contributed by atoms with Crippen molar-refractivity contribution in [2.75, 3.05) is 0 Å². The van der Waals surface area contributed by atoms with Crippen molar-refractivity contribution in [1.82, 2.24) is 10.6 Å². The summed E-state index contributed by atoms with van der Waals surface area (Å²) in [7, 11) is -1.51. The van der Waals surface area contributed by atoms with Gasteiger partial charge in [0.2, 0.25) is 0 Å². The summed E-state index contributed by atoms with van der Waals surface area (Å²) < 4.78 is 26.4. The van der Waals surface area contributed by atoms with E-state index in [4.69, 9.17) is 10.0 Å². The van der Waals surface area contributed by atoms with Gasteiger partial charge in [-0.15, -0.1) is 0 Å². The summed E-state index contributed by atoms with van der Waals surface area (Å²) in [5.74, 6) is -0.565. The van der Waals surface area contributed by atoms with Crippen molar-refractivity contribution in [2.24, 2.45) is 0 Å². The van der Waals surface area contributed by atoms with E-state index in [1.165, 1.54) is 42.8 Å². The Morgan fingerprint density at radius 2 is 1.00 bits per heavy atom. The number of aryl methyl sites for hydroxylation is 2. The van der Waals surface area contributed by atoms with Crippen molar-refractivity contribution in [2.45, 2.75) is 103 Å². The largest absolute Gasteiger partial charge is 0.509 e. The van der Waals surface area contributed by atoms with Gasteiger partial charge in [-0.05, 0) is 134 Å². The second-order valence-electron chi connectivity index (χ2n) is 15.9. The van der Waals surface area contributed by atoms with Gasteiger partial charge in [-0.1, -0.05) is 96.9 Å². The molecule has 2 spiro atoms. The molecule has 0 radical (unpaired) electrons. The smallest absolute Gasteiger partial charge is 0.488 e. The van der Waals surface area contributed by atoms with E-state index >= 15 is 0 Å². The number of hydrogen-bond acceptors (Lipinski definition) is 6. The van der Waals surface area contributed by atoms with Crippen LogP contribution in [0.25, 0.3) is 22.3 Å². The number of aliphatic hydroxyl groups excluding tert-OH is 2. The molecule has 0 atom stereocenters. The fourth-order valence-corrected chi connectivity index (χ4v) is 9.22. The maximum Gasteiger partial charge on any atom is 0.488 e. The van der Waals surface area contributed by atoms with E-state index in [2.05, 4.69) is 26.6 Å². The van der Waals surface area contributed by atoms with Crippen molar-refractivity contribution in [3.05, 3.63) is 134 Å². The highest BCUT2D eigenvalue weighted by Gasteiger charge is 2.48. The second-order valence-corrected chi connectivity index (χ2v) is 16.7. The zero-order valence-electron chi connectivity index (χ0n) is 33.3. The molecule has 58 heavy (non-hydrogen) atoms. The minimum atomic E-state index is -1.51. The Balaban J connectivity index is 0.000000162. The van der Waals surface area contributed by atoms with Crippen LogP contribution in [0.2, 0.25) is 0 Å². The molecule has 2 aliphatic heterocycles. The molecule has 2 aliphatic carbocycles. The summed E-state index contributed by atoms with van der Waals surface area (Å²) in [4.78, 5) is 25.4. The van der Waals surface area contributed by atoms with Crippen LogP contribution in [0.3, 0.4) is 0 Å². The first-order valence-corrected chi connectivity index (χ1v) is 20.6. The van der Waals surface area contributed by atoms with Crippen LogP contribution < -0.4 is 16.1 Å². The van der Waals surface area contributed by atoms with Gasteiger partial charge >= 0.3 is 7.12 Å². The lowest BCUT2D eigenvalue weighted by Gasteiger charge is -2.33. The molecule has 304 valence electrons. The monoisotopic (exact) mass is 854 g/mol. The Kier molecular flexibility index (Phi) is 13.0. The van der Waals surface area contributed by atoms with Gasteiger partial charge in [-0.3, -0.25) is 9.59 Å². The summed E-state index contributed by atoms with van der Waals surface area (Å²) in [5.41, 5.74) is 7.39. The Labute approximate surface area is 347 Å². The first-order valence-electron chi connectivity index (χ1n) is 19.9. The van der Waals surface area contributed by atoms with Crippen LogP contribution in [-0.2, 0) is 9.59 Å². The molecule has 4 aromatic carbocycles. The molecule has 0 aromatic heterocycles. The first-order chi connectivity index (χ1) is 27.6. The van der Waals surface area contributed by atoms with Crippen LogP contribution in [-0.4, -0.2) is 50.3 Å². The normalized spacial score (nSPS) is 18.0. The fraction of sp³-hybridized carbons (Fsp3) is 0.348. The maximum absolute atomic E-state index is 13.3. The number of hydrogen-bond donors (Lipinski definition) is 6. The molecule has 0 bridgehead atoms. The molecule has 8 nitrogen and oxygen atoms in total.